The van der Waals surface area contributed by atoms with Crippen LogP contribution in [0.5, 0.6) is 0 Å². The van der Waals surface area contributed by atoms with Crippen molar-refractivity contribution < 1.29 is 14.3 Å². The van der Waals surface area contributed by atoms with Gasteiger partial charge in [0.1, 0.15) is 5.65 Å². The lowest BCUT2D eigenvalue weighted by Gasteiger charge is -2.10. The van der Waals surface area contributed by atoms with Crippen molar-refractivity contribution in [3.63, 3.8) is 0 Å². The Kier molecular flexibility index (Phi) is 5.57. The van der Waals surface area contributed by atoms with E-state index in [0.29, 0.717) is 17.0 Å². The van der Waals surface area contributed by atoms with E-state index in [1.165, 1.54) is 12.2 Å². The van der Waals surface area contributed by atoms with Gasteiger partial charge in [0.25, 0.3) is 5.91 Å². The minimum Gasteiger partial charge on any atom is -0.452 e. The molecule has 3 aromatic rings. The van der Waals surface area contributed by atoms with Crippen LogP contribution in [-0.4, -0.2) is 27.9 Å². The fourth-order valence-electron chi connectivity index (χ4n) is 2.54. The molecule has 0 fully saturated rings. The summed E-state index contributed by atoms with van der Waals surface area (Å²) in [4.78, 5) is 28.1. The molecule has 0 bridgehead atoms. The Labute approximate surface area is 161 Å². The summed E-state index contributed by atoms with van der Waals surface area (Å²) in [6.07, 6.45) is 4.51. The fourth-order valence-corrected chi connectivity index (χ4v) is 2.78. The smallest absolute Gasteiger partial charge is 0.331 e. The van der Waals surface area contributed by atoms with Crippen molar-refractivity contribution in [2.75, 3.05) is 11.9 Å². The molecule has 2 aromatic heterocycles. The number of hydrogen-bond donors (Lipinski definition) is 1. The molecule has 2 heterocycles. The fraction of sp³-hybridized carbons (Fsp3) is 0.150. The van der Waals surface area contributed by atoms with Gasteiger partial charge in [0.15, 0.2) is 11.8 Å². The van der Waals surface area contributed by atoms with Crippen molar-refractivity contribution in [3.8, 4) is 0 Å². The number of ether oxygens (including phenoxy) is 1. The third kappa shape index (κ3) is 4.35. The molecule has 0 spiro atoms. The highest BCUT2D eigenvalue weighted by Gasteiger charge is 2.10. The number of esters is 1. The summed E-state index contributed by atoms with van der Waals surface area (Å²) in [5.41, 5.74) is 3.97. The molecule has 0 aliphatic carbocycles. The van der Waals surface area contributed by atoms with Crippen molar-refractivity contribution in [1.82, 2.24) is 9.38 Å². The second kappa shape index (κ2) is 8.05. The quantitative estimate of drug-likeness (QED) is 0.537. The van der Waals surface area contributed by atoms with E-state index < -0.39 is 11.9 Å². The van der Waals surface area contributed by atoms with Crippen LogP contribution in [0.15, 0.2) is 48.7 Å². The van der Waals surface area contributed by atoms with Crippen molar-refractivity contribution in [3.05, 3.63) is 70.6 Å². The maximum Gasteiger partial charge on any atom is 0.331 e. The second-order valence-corrected chi connectivity index (χ2v) is 6.31. The number of imidazole rings is 1. The van der Waals surface area contributed by atoms with E-state index in [1.807, 2.05) is 38.1 Å². The molecule has 7 heteroatoms. The Balaban J connectivity index is 1.59. The van der Waals surface area contributed by atoms with Crippen LogP contribution in [0.1, 0.15) is 16.8 Å². The van der Waals surface area contributed by atoms with Crippen molar-refractivity contribution in [1.29, 1.82) is 0 Å². The summed E-state index contributed by atoms with van der Waals surface area (Å²) in [7, 11) is 0. The molecule has 6 nitrogen and oxygen atoms in total. The van der Waals surface area contributed by atoms with E-state index in [2.05, 4.69) is 10.3 Å². The molecule has 1 amide bonds. The Bertz CT molecular complexity index is 1040. The topological polar surface area (TPSA) is 72.7 Å². The molecule has 27 heavy (non-hydrogen) atoms. The normalized spacial score (nSPS) is 11.1. The Hall–Kier alpha value is -3.12. The van der Waals surface area contributed by atoms with Gasteiger partial charge in [0.2, 0.25) is 0 Å². The molecule has 1 aromatic carbocycles. The van der Waals surface area contributed by atoms with Crippen LogP contribution in [0.25, 0.3) is 11.7 Å². The standard InChI is InChI=1S/C20H18ClN3O3/c1-13-6-5-7-15(14(13)2)22-18(25)12-27-19(26)10-9-16-20(21)23-17-8-3-4-11-24(16)17/h3-11H,12H2,1-2H3,(H,22,25)/b10-9+. The number of amides is 1. The third-order valence-electron chi connectivity index (χ3n) is 4.12. The van der Waals surface area contributed by atoms with Crippen LogP contribution in [0.2, 0.25) is 5.15 Å². The van der Waals surface area contributed by atoms with Crippen molar-refractivity contribution >= 4 is 40.9 Å². The number of fused-ring (bicyclic) bond motifs is 1. The van der Waals surface area contributed by atoms with Gasteiger partial charge >= 0.3 is 5.97 Å². The summed E-state index contributed by atoms with van der Waals surface area (Å²) in [6, 6.07) is 11.1. The highest BCUT2D eigenvalue weighted by molar-refractivity contribution is 6.31. The van der Waals surface area contributed by atoms with Crippen LogP contribution < -0.4 is 5.32 Å². The largest absolute Gasteiger partial charge is 0.452 e. The number of aromatic nitrogens is 2. The number of aryl methyl sites for hydroxylation is 1. The molecule has 138 valence electrons. The molecule has 0 radical (unpaired) electrons. The lowest BCUT2D eigenvalue weighted by molar-refractivity contribution is -0.142. The van der Waals surface area contributed by atoms with E-state index in [1.54, 1.807) is 22.7 Å². The van der Waals surface area contributed by atoms with Crippen molar-refractivity contribution in [2.45, 2.75) is 13.8 Å². The zero-order chi connectivity index (χ0) is 19.4. The Morgan fingerprint density at radius 1 is 1.22 bits per heavy atom. The van der Waals surface area contributed by atoms with Gasteiger partial charge in [-0.25, -0.2) is 9.78 Å². The first-order valence-electron chi connectivity index (χ1n) is 8.29. The summed E-state index contributed by atoms with van der Waals surface area (Å²) in [6.45, 7) is 3.50. The summed E-state index contributed by atoms with van der Waals surface area (Å²) < 4.78 is 6.74. The van der Waals surface area contributed by atoms with Gasteiger partial charge in [-0.2, -0.15) is 0 Å². The van der Waals surface area contributed by atoms with Crippen LogP contribution in [0.3, 0.4) is 0 Å². The van der Waals surface area contributed by atoms with E-state index in [0.717, 1.165) is 11.1 Å². The van der Waals surface area contributed by atoms with E-state index >= 15 is 0 Å². The summed E-state index contributed by atoms with van der Waals surface area (Å²) in [5.74, 6) is -1.05. The monoisotopic (exact) mass is 383 g/mol. The lowest BCUT2D eigenvalue weighted by Crippen LogP contribution is -2.20. The first-order valence-corrected chi connectivity index (χ1v) is 8.67. The predicted molar refractivity (Wildman–Crippen MR) is 105 cm³/mol. The average molecular weight is 384 g/mol. The number of carbonyl (C=O) groups is 2. The van der Waals surface area contributed by atoms with Gasteiger partial charge in [-0.1, -0.05) is 29.8 Å². The highest BCUT2D eigenvalue weighted by atomic mass is 35.5. The first-order chi connectivity index (χ1) is 13.0. The second-order valence-electron chi connectivity index (χ2n) is 5.95. The first kappa shape index (κ1) is 18.7. The van der Waals surface area contributed by atoms with Gasteiger partial charge in [-0.05, 0) is 49.2 Å². The zero-order valence-corrected chi connectivity index (χ0v) is 15.7. The van der Waals surface area contributed by atoms with Gasteiger partial charge in [0, 0.05) is 18.0 Å². The van der Waals surface area contributed by atoms with Crippen LogP contribution in [0.4, 0.5) is 5.69 Å². The van der Waals surface area contributed by atoms with Crippen molar-refractivity contribution in [2.24, 2.45) is 0 Å². The van der Waals surface area contributed by atoms with Crippen LogP contribution in [0, 0.1) is 13.8 Å². The molecule has 3 rings (SSSR count). The third-order valence-corrected chi connectivity index (χ3v) is 4.40. The van der Waals surface area contributed by atoms with E-state index in [9.17, 15) is 9.59 Å². The number of nitrogens with zero attached hydrogens (tertiary/aromatic N) is 2. The van der Waals surface area contributed by atoms with Gasteiger partial charge in [-0.3, -0.25) is 9.20 Å². The molecule has 0 saturated heterocycles. The minimum atomic E-state index is -0.645. The predicted octanol–water partition coefficient (Wildman–Crippen LogP) is 3.80. The Morgan fingerprint density at radius 3 is 2.85 bits per heavy atom. The van der Waals surface area contributed by atoms with Gasteiger partial charge < -0.3 is 10.1 Å². The van der Waals surface area contributed by atoms with Crippen LogP contribution >= 0.6 is 11.6 Å². The molecule has 0 saturated carbocycles. The number of hydrogen-bond acceptors (Lipinski definition) is 4. The number of benzene rings is 1. The number of pyridine rings is 1. The SMILES string of the molecule is Cc1cccc(NC(=O)COC(=O)/C=C/c2c(Cl)nc3ccccn23)c1C. The molecule has 1 N–H and O–H groups in total. The lowest BCUT2D eigenvalue weighted by atomic mass is 10.1. The maximum absolute atomic E-state index is 12.0. The number of nitrogens with one attached hydrogen (secondary N) is 1. The average Bonchev–Trinajstić information content (AvgIpc) is 2.97. The molecule has 0 atom stereocenters. The molecule has 0 unspecified atom stereocenters. The number of anilines is 1. The maximum atomic E-state index is 12.0. The Morgan fingerprint density at radius 2 is 2.04 bits per heavy atom. The highest BCUT2D eigenvalue weighted by Crippen LogP contribution is 2.19. The van der Waals surface area contributed by atoms with Crippen LogP contribution in [-0.2, 0) is 14.3 Å². The molecule has 0 aliphatic heterocycles. The number of rotatable bonds is 5. The number of carbonyl (C=O) groups excluding carboxylic acids is 2. The van der Waals surface area contributed by atoms with E-state index in [-0.39, 0.29) is 11.8 Å². The minimum absolute atomic E-state index is 0.276. The molecule has 0 aliphatic rings. The number of halogens is 1. The van der Waals surface area contributed by atoms with E-state index in [4.69, 9.17) is 16.3 Å². The van der Waals surface area contributed by atoms with Gasteiger partial charge in [-0.15, -0.1) is 0 Å². The molecular formula is C20H18ClN3O3. The summed E-state index contributed by atoms with van der Waals surface area (Å²) >= 11 is 6.10. The van der Waals surface area contributed by atoms with Gasteiger partial charge in [0.05, 0.1) is 5.69 Å². The zero-order valence-electron chi connectivity index (χ0n) is 14.9. The summed E-state index contributed by atoms with van der Waals surface area (Å²) in [5, 5.41) is 3.01. The molecular weight excluding hydrogens is 366 g/mol.